The van der Waals surface area contributed by atoms with E-state index >= 15 is 0 Å². The predicted molar refractivity (Wildman–Crippen MR) is 57.1 cm³/mol. The first-order valence-corrected chi connectivity index (χ1v) is 5.06. The first-order chi connectivity index (χ1) is 6.41. The molecule has 4 heteroatoms. The summed E-state index contributed by atoms with van der Waals surface area (Å²) in [5, 5.41) is 14.8. The summed E-state index contributed by atoms with van der Waals surface area (Å²) in [5.41, 5.74) is -0.534. The molecule has 1 atom stereocenters. The van der Waals surface area contributed by atoms with Crippen molar-refractivity contribution in [3.8, 4) is 0 Å². The van der Waals surface area contributed by atoms with Crippen LogP contribution < -0.4 is 10.6 Å². The standard InChI is InChI=1S/C10H22N2O2/c1-5-8(2)11-6-9(14)12-10(3,4)7-13/h8,11,13H,5-7H2,1-4H3,(H,12,14). The highest BCUT2D eigenvalue weighted by molar-refractivity contribution is 5.78. The molecule has 0 aliphatic heterocycles. The molecule has 3 N–H and O–H groups in total. The minimum absolute atomic E-state index is 0.0535. The molecule has 0 radical (unpaired) electrons. The SMILES string of the molecule is CCC(C)NCC(=O)NC(C)(C)CO. The second kappa shape index (κ2) is 5.98. The highest BCUT2D eigenvalue weighted by Gasteiger charge is 2.18. The van der Waals surface area contributed by atoms with Crippen LogP contribution >= 0.6 is 0 Å². The summed E-state index contributed by atoms with van der Waals surface area (Å²) in [6.07, 6.45) is 0.997. The maximum Gasteiger partial charge on any atom is 0.234 e. The van der Waals surface area contributed by atoms with E-state index in [9.17, 15) is 4.79 Å². The lowest BCUT2D eigenvalue weighted by molar-refractivity contribution is -0.122. The number of nitrogens with one attached hydrogen (secondary N) is 2. The third kappa shape index (κ3) is 5.94. The van der Waals surface area contributed by atoms with Crippen molar-refractivity contribution in [1.82, 2.24) is 10.6 Å². The zero-order valence-electron chi connectivity index (χ0n) is 9.55. The van der Waals surface area contributed by atoms with Crippen molar-refractivity contribution in [2.45, 2.75) is 45.7 Å². The number of hydrogen-bond acceptors (Lipinski definition) is 3. The second-order valence-electron chi connectivity index (χ2n) is 4.28. The van der Waals surface area contributed by atoms with Crippen molar-refractivity contribution in [3.63, 3.8) is 0 Å². The maximum absolute atomic E-state index is 11.4. The lowest BCUT2D eigenvalue weighted by atomic mass is 10.1. The first kappa shape index (κ1) is 13.4. The highest BCUT2D eigenvalue weighted by Crippen LogP contribution is 1.98. The molecule has 1 unspecified atom stereocenters. The maximum atomic E-state index is 11.4. The van der Waals surface area contributed by atoms with E-state index in [-0.39, 0.29) is 12.5 Å². The van der Waals surface area contributed by atoms with Crippen LogP contribution in [0, 0.1) is 0 Å². The summed E-state index contributed by atoms with van der Waals surface area (Å²) in [7, 11) is 0. The molecule has 0 aliphatic carbocycles. The van der Waals surface area contributed by atoms with Gasteiger partial charge in [-0.05, 0) is 27.2 Å². The van der Waals surface area contributed by atoms with E-state index in [1.54, 1.807) is 13.8 Å². The van der Waals surface area contributed by atoms with Gasteiger partial charge in [0, 0.05) is 6.04 Å². The zero-order chi connectivity index (χ0) is 11.2. The topological polar surface area (TPSA) is 61.4 Å². The Balaban J connectivity index is 3.76. The van der Waals surface area contributed by atoms with E-state index in [1.807, 2.05) is 6.92 Å². The largest absolute Gasteiger partial charge is 0.394 e. The molecule has 0 fully saturated rings. The molecule has 84 valence electrons. The van der Waals surface area contributed by atoms with Gasteiger partial charge in [0.15, 0.2) is 0 Å². The van der Waals surface area contributed by atoms with Gasteiger partial charge in [0.25, 0.3) is 0 Å². The van der Waals surface area contributed by atoms with Crippen molar-refractivity contribution in [2.24, 2.45) is 0 Å². The fraction of sp³-hybridized carbons (Fsp3) is 0.900. The van der Waals surface area contributed by atoms with Crippen LogP contribution in [0.4, 0.5) is 0 Å². The quantitative estimate of drug-likeness (QED) is 0.579. The summed E-state index contributed by atoms with van der Waals surface area (Å²) < 4.78 is 0. The molecule has 0 aromatic carbocycles. The predicted octanol–water partition coefficient (Wildman–Crippen LogP) is 0.262. The van der Waals surface area contributed by atoms with Gasteiger partial charge in [-0.2, -0.15) is 0 Å². The van der Waals surface area contributed by atoms with E-state index in [0.717, 1.165) is 6.42 Å². The van der Waals surface area contributed by atoms with Crippen molar-refractivity contribution >= 4 is 5.91 Å². The number of hydrogen-bond donors (Lipinski definition) is 3. The molecule has 0 rings (SSSR count). The van der Waals surface area contributed by atoms with Crippen LogP contribution in [-0.4, -0.2) is 35.7 Å². The summed E-state index contributed by atoms with van der Waals surface area (Å²) in [4.78, 5) is 11.4. The van der Waals surface area contributed by atoms with E-state index in [2.05, 4.69) is 17.6 Å². The van der Waals surface area contributed by atoms with Gasteiger partial charge in [-0.3, -0.25) is 4.79 Å². The number of carbonyl (C=O) groups excluding carboxylic acids is 1. The van der Waals surface area contributed by atoms with Crippen LogP contribution in [-0.2, 0) is 4.79 Å². The summed E-state index contributed by atoms with van der Waals surface area (Å²) in [6.45, 7) is 7.92. The molecular formula is C10H22N2O2. The van der Waals surface area contributed by atoms with E-state index in [4.69, 9.17) is 5.11 Å². The molecule has 0 aliphatic rings. The molecule has 0 saturated carbocycles. The van der Waals surface area contributed by atoms with Gasteiger partial charge in [0.1, 0.15) is 0 Å². The van der Waals surface area contributed by atoms with Gasteiger partial charge in [0.2, 0.25) is 5.91 Å². The number of carbonyl (C=O) groups is 1. The molecular weight excluding hydrogens is 180 g/mol. The molecule has 4 nitrogen and oxygen atoms in total. The van der Waals surface area contributed by atoms with Crippen molar-refractivity contribution < 1.29 is 9.90 Å². The third-order valence-corrected chi connectivity index (χ3v) is 2.10. The number of amides is 1. The van der Waals surface area contributed by atoms with Gasteiger partial charge in [-0.1, -0.05) is 6.92 Å². The fourth-order valence-electron chi connectivity index (χ4n) is 0.872. The summed E-state index contributed by atoms with van der Waals surface area (Å²) >= 11 is 0. The van der Waals surface area contributed by atoms with Crippen LogP contribution in [0.2, 0.25) is 0 Å². The smallest absolute Gasteiger partial charge is 0.234 e. The molecule has 0 heterocycles. The van der Waals surface area contributed by atoms with Gasteiger partial charge in [-0.15, -0.1) is 0 Å². The van der Waals surface area contributed by atoms with E-state index < -0.39 is 5.54 Å². The molecule has 14 heavy (non-hydrogen) atoms. The molecule has 0 aromatic rings. The number of aliphatic hydroxyl groups excluding tert-OH is 1. The third-order valence-electron chi connectivity index (χ3n) is 2.10. The Bertz CT molecular complexity index is 181. The van der Waals surface area contributed by atoms with Crippen LogP contribution in [0.15, 0.2) is 0 Å². The Labute approximate surface area is 86.1 Å². The van der Waals surface area contributed by atoms with Gasteiger partial charge >= 0.3 is 0 Å². The lowest BCUT2D eigenvalue weighted by Crippen LogP contribution is -2.50. The monoisotopic (exact) mass is 202 g/mol. The average Bonchev–Trinajstić information content (AvgIpc) is 2.13. The summed E-state index contributed by atoms with van der Waals surface area (Å²) in [6, 6.07) is 0.345. The number of aliphatic hydroxyl groups is 1. The lowest BCUT2D eigenvalue weighted by Gasteiger charge is -2.24. The van der Waals surface area contributed by atoms with E-state index in [1.165, 1.54) is 0 Å². The van der Waals surface area contributed by atoms with Crippen LogP contribution in [0.25, 0.3) is 0 Å². The van der Waals surface area contributed by atoms with Crippen molar-refractivity contribution in [3.05, 3.63) is 0 Å². The normalized spacial score (nSPS) is 13.8. The molecule has 0 aromatic heterocycles. The minimum atomic E-state index is -0.534. The van der Waals surface area contributed by atoms with E-state index in [0.29, 0.717) is 12.6 Å². The molecule has 0 spiro atoms. The van der Waals surface area contributed by atoms with Crippen molar-refractivity contribution in [1.29, 1.82) is 0 Å². The minimum Gasteiger partial charge on any atom is -0.394 e. The highest BCUT2D eigenvalue weighted by atomic mass is 16.3. The molecule has 0 bridgehead atoms. The summed E-state index contributed by atoms with van der Waals surface area (Å²) in [5.74, 6) is -0.0793. The zero-order valence-corrected chi connectivity index (χ0v) is 9.55. The average molecular weight is 202 g/mol. The molecule has 0 saturated heterocycles. The van der Waals surface area contributed by atoms with Crippen LogP contribution in [0.3, 0.4) is 0 Å². The van der Waals surface area contributed by atoms with Crippen molar-refractivity contribution in [2.75, 3.05) is 13.2 Å². The van der Waals surface area contributed by atoms with Crippen LogP contribution in [0.1, 0.15) is 34.1 Å². The second-order valence-corrected chi connectivity index (χ2v) is 4.28. The molecule has 1 amide bonds. The Morgan fingerprint density at radius 1 is 1.50 bits per heavy atom. The fourth-order valence-corrected chi connectivity index (χ4v) is 0.872. The first-order valence-electron chi connectivity index (χ1n) is 5.06. The van der Waals surface area contributed by atoms with Gasteiger partial charge in [-0.25, -0.2) is 0 Å². The Kier molecular flexibility index (Phi) is 5.72. The van der Waals surface area contributed by atoms with Gasteiger partial charge in [0.05, 0.1) is 18.7 Å². The van der Waals surface area contributed by atoms with Crippen LogP contribution in [0.5, 0.6) is 0 Å². The number of rotatable bonds is 6. The Hall–Kier alpha value is -0.610. The Morgan fingerprint density at radius 3 is 2.50 bits per heavy atom. The van der Waals surface area contributed by atoms with Gasteiger partial charge < -0.3 is 15.7 Å². The Morgan fingerprint density at radius 2 is 2.07 bits per heavy atom.